The van der Waals surface area contributed by atoms with Crippen molar-refractivity contribution < 1.29 is 9.53 Å². The third kappa shape index (κ3) is 4.08. The van der Waals surface area contributed by atoms with Crippen molar-refractivity contribution in [1.82, 2.24) is 19.9 Å². The number of imidazole rings is 1. The van der Waals surface area contributed by atoms with E-state index in [1.807, 2.05) is 61.1 Å². The van der Waals surface area contributed by atoms with Gasteiger partial charge in [0.1, 0.15) is 17.6 Å². The normalized spacial score (nSPS) is 11.8. The first kappa shape index (κ1) is 17.7. The second kappa shape index (κ2) is 7.82. The van der Waals surface area contributed by atoms with Crippen molar-refractivity contribution in [3.8, 4) is 5.75 Å². The number of carbonyl (C=O) groups is 1. The molecule has 0 aliphatic carbocycles. The monoisotopic (exact) mass is 350 g/mol. The molecule has 2 heterocycles. The van der Waals surface area contributed by atoms with Crippen LogP contribution in [0, 0.1) is 6.92 Å². The van der Waals surface area contributed by atoms with E-state index in [1.165, 1.54) is 0 Å². The topological polar surface area (TPSA) is 69.0 Å². The van der Waals surface area contributed by atoms with Crippen LogP contribution in [0.1, 0.15) is 28.7 Å². The predicted molar refractivity (Wildman–Crippen MR) is 98.9 cm³/mol. The van der Waals surface area contributed by atoms with Crippen molar-refractivity contribution in [1.29, 1.82) is 0 Å². The van der Waals surface area contributed by atoms with Crippen LogP contribution >= 0.6 is 0 Å². The first-order valence-corrected chi connectivity index (χ1v) is 8.39. The Bertz CT molecular complexity index is 887. The fraction of sp³-hybridized carbons (Fsp3) is 0.250. The molecule has 1 unspecified atom stereocenters. The molecule has 1 N–H and O–H groups in total. The SMILES string of the molecule is COc1cccc(C(NC(=O)Cc2ccc(C)nc2)c2nccn2C)c1. The molecule has 0 spiro atoms. The minimum absolute atomic E-state index is 0.0912. The lowest BCUT2D eigenvalue weighted by atomic mass is 10.0. The minimum Gasteiger partial charge on any atom is -0.497 e. The van der Waals surface area contributed by atoms with Crippen LogP contribution in [0.5, 0.6) is 5.75 Å². The molecule has 3 rings (SSSR count). The Labute approximate surface area is 152 Å². The predicted octanol–water partition coefficient (Wildman–Crippen LogP) is 2.58. The van der Waals surface area contributed by atoms with Crippen molar-refractivity contribution in [3.05, 3.63) is 77.6 Å². The second-order valence-electron chi connectivity index (χ2n) is 6.16. The lowest BCUT2D eigenvalue weighted by Crippen LogP contribution is -2.32. The van der Waals surface area contributed by atoms with Crippen LogP contribution in [-0.2, 0) is 18.3 Å². The van der Waals surface area contributed by atoms with Gasteiger partial charge < -0.3 is 14.6 Å². The van der Waals surface area contributed by atoms with Gasteiger partial charge in [-0.2, -0.15) is 0 Å². The summed E-state index contributed by atoms with van der Waals surface area (Å²) >= 11 is 0. The number of nitrogens with one attached hydrogen (secondary N) is 1. The molecule has 1 amide bonds. The zero-order valence-electron chi connectivity index (χ0n) is 15.1. The van der Waals surface area contributed by atoms with Gasteiger partial charge in [-0.3, -0.25) is 9.78 Å². The van der Waals surface area contributed by atoms with Crippen LogP contribution in [0.4, 0.5) is 0 Å². The molecular weight excluding hydrogens is 328 g/mol. The molecule has 0 fully saturated rings. The maximum atomic E-state index is 12.6. The number of hydrogen-bond donors (Lipinski definition) is 1. The number of ether oxygens (including phenoxy) is 1. The van der Waals surface area contributed by atoms with Crippen LogP contribution in [0.2, 0.25) is 0 Å². The number of nitrogens with zero attached hydrogens (tertiary/aromatic N) is 3. The van der Waals surface area contributed by atoms with Crippen molar-refractivity contribution in [2.45, 2.75) is 19.4 Å². The smallest absolute Gasteiger partial charge is 0.225 e. The van der Waals surface area contributed by atoms with E-state index in [9.17, 15) is 4.79 Å². The standard InChI is InChI=1S/C20H22N4O2/c1-14-7-8-15(13-22-14)11-18(25)23-19(20-21-9-10-24(20)2)16-5-4-6-17(12-16)26-3/h4-10,12-13,19H,11H2,1-3H3,(H,23,25). The van der Waals surface area contributed by atoms with E-state index in [0.717, 1.165) is 28.4 Å². The number of aryl methyl sites for hydroxylation is 2. The molecule has 1 atom stereocenters. The number of methoxy groups -OCH3 is 1. The molecule has 0 bridgehead atoms. The number of benzene rings is 1. The highest BCUT2D eigenvalue weighted by atomic mass is 16.5. The molecule has 0 saturated carbocycles. The molecule has 0 aliphatic rings. The van der Waals surface area contributed by atoms with Crippen LogP contribution < -0.4 is 10.1 Å². The quantitative estimate of drug-likeness (QED) is 0.742. The number of rotatable bonds is 6. The molecule has 134 valence electrons. The Kier molecular flexibility index (Phi) is 5.31. The molecule has 0 radical (unpaired) electrons. The zero-order chi connectivity index (χ0) is 18.5. The summed E-state index contributed by atoms with van der Waals surface area (Å²) in [7, 11) is 3.53. The summed E-state index contributed by atoms with van der Waals surface area (Å²) in [6, 6.07) is 11.1. The van der Waals surface area contributed by atoms with Crippen molar-refractivity contribution in [2.75, 3.05) is 7.11 Å². The largest absolute Gasteiger partial charge is 0.497 e. The van der Waals surface area contributed by atoms with E-state index in [1.54, 1.807) is 19.5 Å². The summed E-state index contributed by atoms with van der Waals surface area (Å²) in [4.78, 5) is 21.3. The lowest BCUT2D eigenvalue weighted by molar-refractivity contribution is -0.121. The summed E-state index contributed by atoms with van der Waals surface area (Å²) in [5, 5.41) is 3.09. The highest BCUT2D eigenvalue weighted by Crippen LogP contribution is 2.24. The van der Waals surface area contributed by atoms with Gasteiger partial charge in [0.25, 0.3) is 0 Å². The summed E-state index contributed by atoms with van der Waals surface area (Å²) in [6.45, 7) is 1.92. The molecule has 3 aromatic rings. The number of carbonyl (C=O) groups excluding carboxylic acids is 1. The Morgan fingerprint density at radius 3 is 2.77 bits per heavy atom. The van der Waals surface area contributed by atoms with Gasteiger partial charge in [-0.1, -0.05) is 18.2 Å². The number of pyridine rings is 1. The lowest BCUT2D eigenvalue weighted by Gasteiger charge is -2.20. The average Bonchev–Trinajstić information content (AvgIpc) is 3.07. The molecule has 2 aromatic heterocycles. The van der Waals surface area contributed by atoms with E-state index in [2.05, 4.69) is 15.3 Å². The minimum atomic E-state index is -0.365. The molecular formula is C20H22N4O2. The van der Waals surface area contributed by atoms with E-state index < -0.39 is 0 Å². The third-order valence-electron chi connectivity index (χ3n) is 4.19. The maximum absolute atomic E-state index is 12.6. The van der Waals surface area contributed by atoms with E-state index in [-0.39, 0.29) is 18.4 Å². The van der Waals surface area contributed by atoms with Crippen molar-refractivity contribution >= 4 is 5.91 Å². The van der Waals surface area contributed by atoms with Crippen molar-refractivity contribution in [2.24, 2.45) is 7.05 Å². The van der Waals surface area contributed by atoms with Gasteiger partial charge in [0.2, 0.25) is 5.91 Å². The van der Waals surface area contributed by atoms with Crippen LogP contribution in [0.3, 0.4) is 0 Å². The summed E-state index contributed by atoms with van der Waals surface area (Å²) < 4.78 is 7.22. The van der Waals surface area contributed by atoms with Gasteiger partial charge in [-0.25, -0.2) is 4.98 Å². The van der Waals surface area contributed by atoms with Gasteiger partial charge >= 0.3 is 0 Å². The Morgan fingerprint density at radius 2 is 2.12 bits per heavy atom. The summed E-state index contributed by atoms with van der Waals surface area (Å²) in [5.74, 6) is 1.40. The average molecular weight is 350 g/mol. The Morgan fingerprint density at radius 1 is 1.27 bits per heavy atom. The van der Waals surface area contributed by atoms with Gasteiger partial charge in [0.15, 0.2) is 0 Å². The van der Waals surface area contributed by atoms with Gasteiger partial charge in [-0.05, 0) is 36.2 Å². The van der Waals surface area contributed by atoms with E-state index in [0.29, 0.717) is 0 Å². The number of aromatic nitrogens is 3. The Balaban J connectivity index is 1.85. The van der Waals surface area contributed by atoms with E-state index >= 15 is 0 Å². The van der Waals surface area contributed by atoms with Crippen molar-refractivity contribution in [3.63, 3.8) is 0 Å². The van der Waals surface area contributed by atoms with Crippen LogP contribution in [0.15, 0.2) is 55.0 Å². The fourth-order valence-electron chi connectivity index (χ4n) is 2.77. The molecule has 1 aromatic carbocycles. The third-order valence-corrected chi connectivity index (χ3v) is 4.19. The molecule has 26 heavy (non-hydrogen) atoms. The fourth-order valence-corrected chi connectivity index (χ4v) is 2.77. The van der Waals surface area contributed by atoms with Crippen LogP contribution in [-0.4, -0.2) is 27.6 Å². The molecule has 6 heteroatoms. The summed E-state index contributed by atoms with van der Waals surface area (Å²) in [5.41, 5.74) is 2.71. The Hall–Kier alpha value is -3.15. The van der Waals surface area contributed by atoms with Gasteiger partial charge in [0, 0.05) is 31.3 Å². The highest BCUT2D eigenvalue weighted by molar-refractivity contribution is 5.79. The first-order valence-electron chi connectivity index (χ1n) is 8.39. The zero-order valence-corrected chi connectivity index (χ0v) is 15.1. The van der Waals surface area contributed by atoms with E-state index in [4.69, 9.17) is 4.74 Å². The molecule has 0 saturated heterocycles. The number of amides is 1. The summed E-state index contributed by atoms with van der Waals surface area (Å²) in [6.07, 6.45) is 5.57. The number of hydrogen-bond acceptors (Lipinski definition) is 4. The molecule has 6 nitrogen and oxygen atoms in total. The van der Waals surface area contributed by atoms with Gasteiger partial charge in [-0.15, -0.1) is 0 Å². The maximum Gasteiger partial charge on any atom is 0.225 e. The van der Waals surface area contributed by atoms with Gasteiger partial charge in [0.05, 0.1) is 13.5 Å². The highest BCUT2D eigenvalue weighted by Gasteiger charge is 2.21. The molecule has 0 aliphatic heterocycles. The van der Waals surface area contributed by atoms with Crippen LogP contribution in [0.25, 0.3) is 0 Å². The second-order valence-corrected chi connectivity index (χ2v) is 6.16. The first-order chi connectivity index (χ1) is 12.6.